The van der Waals surface area contributed by atoms with Crippen molar-refractivity contribution < 1.29 is 9.53 Å². The van der Waals surface area contributed by atoms with E-state index >= 15 is 0 Å². The Balaban J connectivity index is 1.77. The molecule has 0 saturated heterocycles. The standard InChI is InChI=1S/C19H29NO2/c1-14(2)17-10-9-15(3)13-18(17)22-19(21)20-12-11-16-7-5-4-6-8-16/h4-8,14-15,17-18H,9-13H2,1-3H3,(H,20,21)/t15-,17-,18-/m1/s1. The van der Waals surface area contributed by atoms with Crippen LogP contribution < -0.4 is 5.32 Å². The van der Waals surface area contributed by atoms with Crippen LogP contribution in [0.1, 0.15) is 45.6 Å². The largest absolute Gasteiger partial charge is 0.446 e. The summed E-state index contributed by atoms with van der Waals surface area (Å²) in [5.41, 5.74) is 1.23. The first-order chi connectivity index (χ1) is 10.6. The van der Waals surface area contributed by atoms with Crippen molar-refractivity contribution in [1.29, 1.82) is 0 Å². The zero-order valence-electron chi connectivity index (χ0n) is 14.0. The molecule has 0 heterocycles. The number of rotatable bonds is 5. The number of hydrogen-bond acceptors (Lipinski definition) is 2. The molecule has 0 bridgehead atoms. The van der Waals surface area contributed by atoms with E-state index in [-0.39, 0.29) is 12.2 Å². The van der Waals surface area contributed by atoms with Crippen molar-refractivity contribution in [3.05, 3.63) is 35.9 Å². The Morgan fingerprint density at radius 2 is 2.00 bits per heavy atom. The molecule has 3 heteroatoms. The number of hydrogen-bond donors (Lipinski definition) is 1. The third-order valence-corrected chi connectivity index (χ3v) is 4.75. The summed E-state index contributed by atoms with van der Waals surface area (Å²) in [6.45, 7) is 7.33. The first kappa shape index (κ1) is 16.9. The first-order valence-corrected chi connectivity index (χ1v) is 8.54. The van der Waals surface area contributed by atoms with E-state index in [1.54, 1.807) is 0 Å². The SMILES string of the molecule is CC(C)[C@H]1CC[C@@H](C)C[C@H]1OC(=O)NCCc1ccccc1. The van der Waals surface area contributed by atoms with Gasteiger partial charge in [0.1, 0.15) is 6.10 Å². The van der Waals surface area contributed by atoms with E-state index in [0.717, 1.165) is 12.8 Å². The third-order valence-electron chi connectivity index (χ3n) is 4.75. The fourth-order valence-corrected chi connectivity index (χ4v) is 3.38. The molecule has 1 aromatic carbocycles. The Bertz CT molecular complexity index is 458. The van der Waals surface area contributed by atoms with Crippen molar-refractivity contribution in [3.63, 3.8) is 0 Å². The molecular formula is C19H29NO2. The average Bonchev–Trinajstić information content (AvgIpc) is 2.48. The van der Waals surface area contributed by atoms with Gasteiger partial charge >= 0.3 is 6.09 Å². The van der Waals surface area contributed by atoms with Crippen LogP contribution in [-0.4, -0.2) is 18.7 Å². The summed E-state index contributed by atoms with van der Waals surface area (Å²) >= 11 is 0. The summed E-state index contributed by atoms with van der Waals surface area (Å²) in [5.74, 6) is 1.71. The van der Waals surface area contributed by atoms with Gasteiger partial charge in [-0.25, -0.2) is 4.79 Å². The predicted octanol–water partition coefficient (Wildman–Crippen LogP) is 4.42. The van der Waals surface area contributed by atoms with Crippen LogP contribution in [0.2, 0.25) is 0 Å². The van der Waals surface area contributed by atoms with E-state index in [0.29, 0.717) is 24.3 Å². The monoisotopic (exact) mass is 303 g/mol. The quantitative estimate of drug-likeness (QED) is 0.874. The highest BCUT2D eigenvalue weighted by atomic mass is 16.6. The maximum atomic E-state index is 12.0. The molecule has 3 nitrogen and oxygen atoms in total. The average molecular weight is 303 g/mol. The van der Waals surface area contributed by atoms with E-state index in [9.17, 15) is 4.79 Å². The fourth-order valence-electron chi connectivity index (χ4n) is 3.38. The summed E-state index contributed by atoms with van der Waals surface area (Å²) in [5, 5.41) is 2.89. The Morgan fingerprint density at radius 1 is 1.27 bits per heavy atom. The second kappa shape index (κ2) is 8.21. The van der Waals surface area contributed by atoms with Gasteiger partial charge in [0.25, 0.3) is 0 Å². The zero-order valence-corrected chi connectivity index (χ0v) is 14.0. The van der Waals surface area contributed by atoms with Gasteiger partial charge in [0, 0.05) is 6.54 Å². The molecule has 3 atom stereocenters. The second-order valence-corrected chi connectivity index (χ2v) is 6.93. The van der Waals surface area contributed by atoms with Crippen molar-refractivity contribution in [3.8, 4) is 0 Å². The predicted molar refractivity (Wildman–Crippen MR) is 89.8 cm³/mol. The normalized spacial score (nSPS) is 25.0. The fraction of sp³-hybridized carbons (Fsp3) is 0.632. The van der Waals surface area contributed by atoms with Crippen LogP contribution in [0.25, 0.3) is 0 Å². The van der Waals surface area contributed by atoms with Gasteiger partial charge in [-0.2, -0.15) is 0 Å². The van der Waals surface area contributed by atoms with Gasteiger partial charge < -0.3 is 10.1 Å². The van der Waals surface area contributed by atoms with Gasteiger partial charge in [0.05, 0.1) is 0 Å². The van der Waals surface area contributed by atoms with Crippen molar-refractivity contribution in [2.75, 3.05) is 6.54 Å². The molecule has 1 N–H and O–H groups in total. The molecule has 1 aliphatic rings. The molecule has 0 aliphatic heterocycles. The van der Waals surface area contributed by atoms with Gasteiger partial charge in [-0.1, -0.05) is 57.5 Å². The van der Waals surface area contributed by atoms with E-state index in [4.69, 9.17) is 4.74 Å². The lowest BCUT2D eigenvalue weighted by Gasteiger charge is -2.36. The van der Waals surface area contributed by atoms with Crippen LogP contribution in [-0.2, 0) is 11.2 Å². The highest BCUT2D eigenvalue weighted by molar-refractivity contribution is 5.67. The van der Waals surface area contributed by atoms with Crippen LogP contribution in [0.3, 0.4) is 0 Å². The number of alkyl carbamates (subject to hydrolysis) is 1. The van der Waals surface area contributed by atoms with Gasteiger partial charge in [-0.3, -0.25) is 0 Å². The van der Waals surface area contributed by atoms with E-state index < -0.39 is 0 Å². The summed E-state index contributed by atoms with van der Waals surface area (Å²) in [4.78, 5) is 12.0. The van der Waals surface area contributed by atoms with Gasteiger partial charge in [-0.05, 0) is 42.6 Å². The number of amides is 1. The van der Waals surface area contributed by atoms with Gasteiger partial charge in [0.2, 0.25) is 0 Å². The summed E-state index contributed by atoms with van der Waals surface area (Å²) in [6, 6.07) is 10.2. The van der Waals surface area contributed by atoms with Crippen molar-refractivity contribution >= 4 is 6.09 Å². The van der Waals surface area contributed by atoms with Gasteiger partial charge in [-0.15, -0.1) is 0 Å². The lowest BCUT2D eigenvalue weighted by Crippen LogP contribution is -2.39. The molecule has 1 saturated carbocycles. The van der Waals surface area contributed by atoms with Crippen LogP contribution in [0.5, 0.6) is 0 Å². The van der Waals surface area contributed by atoms with E-state index in [1.165, 1.54) is 18.4 Å². The van der Waals surface area contributed by atoms with E-state index in [1.807, 2.05) is 18.2 Å². The lowest BCUT2D eigenvalue weighted by atomic mass is 9.75. The molecule has 1 amide bonds. The van der Waals surface area contributed by atoms with Crippen LogP contribution >= 0.6 is 0 Å². The summed E-state index contributed by atoms with van der Waals surface area (Å²) in [6.07, 6.45) is 4.06. The van der Waals surface area contributed by atoms with Crippen molar-refractivity contribution in [2.24, 2.45) is 17.8 Å². The maximum absolute atomic E-state index is 12.0. The van der Waals surface area contributed by atoms with Crippen LogP contribution in [0, 0.1) is 17.8 Å². The Kier molecular flexibility index (Phi) is 6.29. The Hall–Kier alpha value is -1.51. The highest BCUT2D eigenvalue weighted by Gasteiger charge is 2.33. The molecule has 0 unspecified atom stereocenters. The lowest BCUT2D eigenvalue weighted by molar-refractivity contribution is 0.00631. The molecule has 1 aliphatic carbocycles. The second-order valence-electron chi connectivity index (χ2n) is 6.93. The van der Waals surface area contributed by atoms with E-state index in [2.05, 4.69) is 38.2 Å². The van der Waals surface area contributed by atoms with Crippen molar-refractivity contribution in [2.45, 2.75) is 52.6 Å². The molecular weight excluding hydrogens is 274 g/mol. The van der Waals surface area contributed by atoms with Crippen molar-refractivity contribution in [1.82, 2.24) is 5.32 Å². The van der Waals surface area contributed by atoms with Crippen LogP contribution in [0.15, 0.2) is 30.3 Å². The molecule has 2 rings (SSSR count). The van der Waals surface area contributed by atoms with Gasteiger partial charge in [0.15, 0.2) is 0 Å². The Labute approximate surface area is 134 Å². The summed E-state index contributed by atoms with van der Waals surface area (Å²) in [7, 11) is 0. The molecule has 0 spiro atoms. The minimum Gasteiger partial charge on any atom is -0.446 e. The number of carbonyl (C=O) groups is 1. The maximum Gasteiger partial charge on any atom is 0.407 e. The molecule has 1 fully saturated rings. The first-order valence-electron chi connectivity index (χ1n) is 8.54. The number of carbonyl (C=O) groups excluding carboxylic acids is 1. The number of ether oxygens (including phenoxy) is 1. The smallest absolute Gasteiger partial charge is 0.407 e. The molecule has 1 aromatic rings. The topological polar surface area (TPSA) is 38.3 Å². The minimum absolute atomic E-state index is 0.0699. The number of benzene rings is 1. The molecule has 22 heavy (non-hydrogen) atoms. The summed E-state index contributed by atoms with van der Waals surface area (Å²) < 4.78 is 5.72. The minimum atomic E-state index is -0.263. The zero-order chi connectivity index (χ0) is 15.9. The number of nitrogens with one attached hydrogen (secondary N) is 1. The molecule has 0 radical (unpaired) electrons. The Morgan fingerprint density at radius 3 is 2.68 bits per heavy atom. The molecule has 122 valence electrons. The molecule has 0 aromatic heterocycles. The highest BCUT2D eigenvalue weighted by Crippen LogP contribution is 2.35. The third kappa shape index (κ3) is 5.04. The van der Waals surface area contributed by atoms with Crippen LogP contribution in [0.4, 0.5) is 4.79 Å².